The molecule has 31 heavy (non-hydrogen) atoms. The van der Waals surface area contributed by atoms with Crippen LogP contribution in [0.1, 0.15) is 27.2 Å². The summed E-state index contributed by atoms with van der Waals surface area (Å²) in [5, 5.41) is 13.2. The first kappa shape index (κ1) is 20.2. The molecule has 2 amide bonds. The summed E-state index contributed by atoms with van der Waals surface area (Å²) in [5.74, 6) is 0.502. The van der Waals surface area contributed by atoms with Gasteiger partial charge in [0, 0.05) is 12.2 Å². The average Bonchev–Trinajstić information content (AvgIpc) is 3.35. The van der Waals surface area contributed by atoms with E-state index < -0.39 is 5.91 Å². The maximum atomic E-state index is 12.5. The van der Waals surface area contributed by atoms with Crippen LogP contribution in [0.15, 0.2) is 36.4 Å². The minimum atomic E-state index is -0.489. The molecule has 2 heterocycles. The molecule has 0 saturated carbocycles. The number of nitrogens with zero attached hydrogens (tertiary/aromatic N) is 3. The van der Waals surface area contributed by atoms with E-state index in [0.29, 0.717) is 17.2 Å². The van der Waals surface area contributed by atoms with Gasteiger partial charge in [-0.15, -0.1) is 5.10 Å². The number of fused-ring (bicyclic) bond motifs is 1. The Hall–Kier alpha value is -4.08. The lowest BCUT2D eigenvalue weighted by atomic mass is 10.1. The Labute approximate surface area is 178 Å². The standard InChI is InChI=1S/C21H22N6O4/c1-12-3-4-13(2)15(7-12)24-18(28)10-27-20(22)19(25-26-27)21(29)23-9-14-5-6-16-17(8-14)31-11-30-16/h3-8H,9-11,22H2,1-2H3,(H,23,29)(H,24,28). The van der Waals surface area contributed by atoms with Crippen molar-refractivity contribution >= 4 is 23.3 Å². The maximum Gasteiger partial charge on any atom is 0.275 e. The number of ether oxygens (including phenoxy) is 2. The van der Waals surface area contributed by atoms with Gasteiger partial charge in [0.2, 0.25) is 12.7 Å². The first-order valence-electron chi connectivity index (χ1n) is 9.63. The van der Waals surface area contributed by atoms with E-state index in [4.69, 9.17) is 15.2 Å². The molecule has 0 atom stereocenters. The molecule has 0 fully saturated rings. The van der Waals surface area contributed by atoms with Crippen LogP contribution in [0.25, 0.3) is 0 Å². The fourth-order valence-corrected chi connectivity index (χ4v) is 3.11. The number of aromatic nitrogens is 3. The molecule has 0 spiro atoms. The van der Waals surface area contributed by atoms with Gasteiger partial charge < -0.3 is 25.8 Å². The summed E-state index contributed by atoms with van der Waals surface area (Å²) in [5.41, 5.74) is 9.47. The van der Waals surface area contributed by atoms with Crippen LogP contribution in [0.5, 0.6) is 11.5 Å². The molecule has 2 aromatic carbocycles. The first-order chi connectivity index (χ1) is 14.9. The van der Waals surface area contributed by atoms with Crippen LogP contribution in [0, 0.1) is 13.8 Å². The Bertz CT molecular complexity index is 1160. The van der Waals surface area contributed by atoms with Crippen LogP contribution >= 0.6 is 0 Å². The van der Waals surface area contributed by atoms with Crippen molar-refractivity contribution in [3.05, 3.63) is 58.8 Å². The minimum Gasteiger partial charge on any atom is -0.454 e. The molecular formula is C21H22N6O4. The number of nitrogen functional groups attached to an aromatic ring is 1. The normalized spacial score (nSPS) is 11.9. The minimum absolute atomic E-state index is 0.0132. The molecule has 0 radical (unpaired) electrons. The van der Waals surface area contributed by atoms with Gasteiger partial charge in [-0.3, -0.25) is 9.59 Å². The number of nitrogens with one attached hydrogen (secondary N) is 2. The molecule has 0 aliphatic carbocycles. The summed E-state index contributed by atoms with van der Waals surface area (Å²) >= 11 is 0. The number of nitrogens with two attached hydrogens (primary N) is 1. The zero-order chi connectivity index (χ0) is 22.0. The number of carbonyl (C=O) groups excluding carboxylic acids is 2. The number of hydrogen-bond donors (Lipinski definition) is 3. The van der Waals surface area contributed by atoms with Crippen molar-refractivity contribution < 1.29 is 19.1 Å². The summed E-state index contributed by atoms with van der Waals surface area (Å²) in [7, 11) is 0. The number of carbonyl (C=O) groups is 2. The molecule has 10 heteroatoms. The maximum absolute atomic E-state index is 12.5. The topological polar surface area (TPSA) is 133 Å². The van der Waals surface area contributed by atoms with E-state index in [1.807, 2.05) is 38.1 Å². The lowest BCUT2D eigenvalue weighted by molar-refractivity contribution is -0.116. The van der Waals surface area contributed by atoms with E-state index in [9.17, 15) is 9.59 Å². The van der Waals surface area contributed by atoms with Crippen LogP contribution in [-0.2, 0) is 17.9 Å². The highest BCUT2D eigenvalue weighted by molar-refractivity contribution is 5.97. The van der Waals surface area contributed by atoms with Crippen molar-refractivity contribution in [2.24, 2.45) is 0 Å². The Kier molecular flexibility index (Phi) is 5.44. The van der Waals surface area contributed by atoms with E-state index >= 15 is 0 Å². The molecule has 0 unspecified atom stereocenters. The second-order valence-electron chi connectivity index (χ2n) is 7.22. The monoisotopic (exact) mass is 422 g/mol. The number of amides is 2. The Morgan fingerprint density at radius 2 is 1.94 bits per heavy atom. The SMILES string of the molecule is Cc1ccc(C)c(NC(=O)Cn2nnc(C(=O)NCc3ccc4c(c3)OCO4)c2N)c1. The number of benzene rings is 2. The summed E-state index contributed by atoms with van der Waals surface area (Å²) in [6.07, 6.45) is 0. The Balaban J connectivity index is 1.37. The van der Waals surface area contributed by atoms with Crippen molar-refractivity contribution in [3.63, 3.8) is 0 Å². The quantitative estimate of drug-likeness (QED) is 0.551. The number of rotatable bonds is 6. The van der Waals surface area contributed by atoms with Gasteiger partial charge in [0.15, 0.2) is 23.0 Å². The van der Waals surface area contributed by atoms with Gasteiger partial charge in [0.05, 0.1) is 0 Å². The fourth-order valence-electron chi connectivity index (χ4n) is 3.11. The molecule has 1 aromatic heterocycles. The predicted octanol–water partition coefficient (Wildman–Crippen LogP) is 1.77. The zero-order valence-electron chi connectivity index (χ0n) is 17.1. The van der Waals surface area contributed by atoms with E-state index in [2.05, 4.69) is 20.9 Å². The third-order valence-electron chi connectivity index (χ3n) is 4.84. The zero-order valence-corrected chi connectivity index (χ0v) is 17.1. The molecule has 3 aromatic rings. The second-order valence-corrected chi connectivity index (χ2v) is 7.22. The van der Waals surface area contributed by atoms with Crippen molar-refractivity contribution in [3.8, 4) is 11.5 Å². The van der Waals surface area contributed by atoms with Crippen molar-refractivity contribution in [1.29, 1.82) is 0 Å². The van der Waals surface area contributed by atoms with Crippen LogP contribution in [0.4, 0.5) is 11.5 Å². The fraction of sp³-hybridized carbons (Fsp3) is 0.238. The summed E-state index contributed by atoms with van der Waals surface area (Å²) in [6, 6.07) is 11.2. The molecule has 4 rings (SSSR count). The van der Waals surface area contributed by atoms with Gasteiger partial charge >= 0.3 is 0 Å². The summed E-state index contributed by atoms with van der Waals surface area (Å²) in [4.78, 5) is 24.9. The molecular weight excluding hydrogens is 400 g/mol. The van der Waals surface area contributed by atoms with Crippen molar-refractivity contribution in [2.75, 3.05) is 17.8 Å². The number of hydrogen-bond acceptors (Lipinski definition) is 7. The molecule has 10 nitrogen and oxygen atoms in total. The molecule has 1 aliphatic rings. The highest BCUT2D eigenvalue weighted by Gasteiger charge is 2.20. The van der Waals surface area contributed by atoms with Crippen LogP contribution < -0.4 is 25.8 Å². The third-order valence-corrected chi connectivity index (χ3v) is 4.84. The predicted molar refractivity (Wildman–Crippen MR) is 113 cm³/mol. The molecule has 160 valence electrons. The Morgan fingerprint density at radius 3 is 2.77 bits per heavy atom. The lowest BCUT2D eigenvalue weighted by Gasteiger charge is -2.10. The second kappa shape index (κ2) is 8.34. The largest absolute Gasteiger partial charge is 0.454 e. The highest BCUT2D eigenvalue weighted by Crippen LogP contribution is 2.32. The van der Waals surface area contributed by atoms with Gasteiger partial charge in [0.1, 0.15) is 6.54 Å². The molecule has 0 saturated heterocycles. The van der Waals surface area contributed by atoms with Gasteiger partial charge in [-0.05, 0) is 48.7 Å². The smallest absolute Gasteiger partial charge is 0.275 e. The van der Waals surface area contributed by atoms with Crippen molar-refractivity contribution in [1.82, 2.24) is 20.3 Å². The first-order valence-corrected chi connectivity index (χ1v) is 9.63. The molecule has 0 bridgehead atoms. The lowest BCUT2D eigenvalue weighted by Crippen LogP contribution is -2.25. The average molecular weight is 422 g/mol. The highest BCUT2D eigenvalue weighted by atomic mass is 16.7. The Morgan fingerprint density at radius 1 is 1.13 bits per heavy atom. The number of aryl methyl sites for hydroxylation is 2. The molecule has 4 N–H and O–H groups in total. The molecule has 1 aliphatic heterocycles. The van der Waals surface area contributed by atoms with Crippen molar-refractivity contribution in [2.45, 2.75) is 26.9 Å². The third kappa shape index (κ3) is 4.42. The number of anilines is 2. The van der Waals surface area contributed by atoms with Gasteiger partial charge in [-0.25, -0.2) is 4.68 Å². The van der Waals surface area contributed by atoms with E-state index in [1.165, 1.54) is 4.68 Å². The van der Waals surface area contributed by atoms with Gasteiger partial charge in [-0.1, -0.05) is 23.4 Å². The van der Waals surface area contributed by atoms with Gasteiger partial charge in [0.25, 0.3) is 5.91 Å². The van der Waals surface area contributed by atoms with Crippen LogP contribution in [0.3, 0.4) is 0 Å². The van der Waals surface area contributed by atoms with E-state index in [1.54, 1.807) is 12.1 Å². The summed E-state index contributed by atoms with van der Waals surface area (Å²) < 4.78 is 11.8. The van der Waals surface area contributed by atoms with Crippen LogP contribution in [0.2, 0.25) is 0 Å². The summed E-state index contributed by atoms with van der Waals surface area (Å²) in [6.45, 7) is 4.11. The van der Waals surface area contributed by atoms with Crippen LogP contribution in [-0.4, -0.2) is 33.6 Å². The van der Waals surface area contributed by atoms with E-state index in [0.717, 1.165) is 16.7 Å². The van der Waals surface area contributed by atoms with Gasteiger partial charge in [-0.2, -0.15) is 0 Å². The van der Waals surface area contributed by atoms with E-state index in [-0.39, 0.29) is 37.3 Å².